The standard InChI is InChI=1S/C24H32N4O2/c1-30-22-7-5-20(6-8-22)18-21-9-12-26(13-10-21)19-24(29)28-16-14-27(15-17-28)23-4-2-3-11-25-23/h2-8,11,21H,9-10,12-19H2,1H3. The summed E-state index contributed by atoms with van der Waals surface area (Å²) < 4.78 is 5.24. The number of aromatic nitrogens is 1. The Balaban J connectivity index is 1.18. The van der Waals surface area contributed by atoms with Crippen LogP contribution < -0.4 is 9.64 Å². The van der Waals surface area contributed by atoms with Gasteiger partial charge < -0.3 is 14.5 Å². The molecule has 2 aliphatic rings. The highest BCUT2D eigenvalue weighted by Crippen LogP contribution is 2.23. The van der Waals surface area contributed by atoms with Crippen LogP contribution in [0.3, 0.4) is 0 Å². The molecule has 0 radical (unpaired) electrons. The number of anilines is 1. The first-order valence-corrected chi connectivity index (χ1v) is 11.0. The first kappa shape index (κ1) is 20.7. The number of likely N-dealkylation sites (tertiary alicyclic amines) is 1. The number of ether oxygens (including phenoxy) is 1. The van der Waals surface area contributed by atoms with Crippen molar-refractivity contribution in [3.63, 3.8) is 0 Å². The van der Waals surface area contributed by atoms with Crippen molar-refractivity contribution in [1.29, 1.82) is 0 Å². The molecule has 6 heteroatoms. The normalized spacial score (nSPS) is 18.4. The predicted octanol–water partition coefficient (Wildman–Crippen LogP) is 2.69. The minimum Gasteiger partial charge on any atom is -0.497 e. The van der Waals surface area contributed by atoms with Gasteiger partial charge in [-0.15, -0.1) is 0 Å². The maximum Gasteiger partial charge on any atom is 0.236 e. The van der Waals surface area contributed by atoms with Crippen LogP contribution in [0.5, 0.6) is 5.75 Å². The zero-order valence-corrected chi connectivity index (χ0v) is 17.9. The minimum atomic E-state index is 0.268. The third-order valence-corrected chi connectivity index (χ3v) is 6.36. The van der Waals surface area contributed by atoms with E-state index in [0.717, 1.165) is 70.1 Å². The molecule has 1 aromatic heterocycles. The lowest BCUT2D eigenvalue weighted by atomic mass is 9.90. The van der Waals surface area contributed by atoms with Crippen LogP contribution in [0.1, 0.15) is 18.4 Å². The lowest BCUT2D eigenvalue weighted by molar-refractivity contribution is -0.133. The second-order valence-corrected chi connectivity index (χ2v) is 8.33. The van der Waals surface area contributed by atoms with E-state index in [4.69, 9.17) is 4.74 Å². The maximum atomic E-state index is 12.8. The van der Waals surface area contributed by atoms with Gasteiger partial charge in [-0.05, 0) is 68.1 Å². The Labute approximate surface area is 179 Å². The molecule has 0 N–H and O–H groups in total. The van der Waals surface area contributed by atoms with Gasteiger partial charge in [0.15, 0.2) is 0 Å². The second kappa shape index (κ2) is 9.94. The monoisotopic (exact) mass is 408 g/mol. The number of pyridine rings is 1. The number of piperidine rings is 1. The lowest BCUT2D eigenvalue weighted by Gasteiger charge is -2.37. The summed E-state index contributed by atoms with van der Waals surface area (Å²) in [6.45, 7) is 5.85. The molecule has 2 fully saturated rings. The largest absolute Gasteiger partial charge is 0.497 e. The van der Waals surface area contributed by atoms with Gasteiger partial charge in [0.05, 0.1) is 13.7 Å². The SMILES string of the molecule is COc1ccc(CC2CCN(CC(=O)N3CCN(c4ccccn4)CC3)CC2)cc1. The van der Waals surface area contributed by atoms with Crippen LogP contribution in [-0.2, 0) is 11.2 Å². The van der Waals surface area contributed by atoms with E-state index in [2.05, 4.69) is 26.9 Å². The topological polar surface area (TPSA) is 48.9 Å². The zero-order chi connectivity index (χ0) is 20.8. The molecule has 0 spiro atoms. The Morgan fingerprint density at radius 1 is 1.00 bits per heavy atom. The molecule has 0 unspecified atom stereocenters. The van der Waals surface area contributed by atoms with Crippen LogP contribution in [0.15, 0.2) is 48.7 Å². The lowest BCUT2D eigenvalue weighted by Crippen LogP contribution is -2.52. The molecule has 0 aliphatic carbocycles. The fourth-order valence-electron chi connectivity index (χ4n) is 4.46. The van der Waals surface area contributed by atoms with Gasteiger partial charge in [0.25, 0.3) is 0 Å². The molecule has 2 saturated heterocycles. The number of hydrogen-bond donors (Lipinski definition) is 0. The summed E-state index contributed by atoms with van der Waals surface area (Å²) in [7, 11) is 1.70. The van der Waals surface area contributed by atoms with E-state index in [0.29, 0.717) is 12.5 Å². The van der Waals surface area contributed by atoms with Gasteiger partial charge in [0.1, 0.15) is 11.6 Å². The molecule has 30 heavy (non-hydrogen) atoms. The van der Waals surface area contributed by atoms with Crippen LogP contribution in [0.2, 0.25) is 0 Å². The van der Waals surface area contributed by atoms with Crippen molar-refractivity contribution in [2.75, 3.05) is 57.8 Å². The molecule has 2 aromatic rings. The third kappa shape index (κ3) is 5.30. The Hall–Kier alpha value is -2.60. The number of benzene rings is 1. The average Bonchev–Trinajstić information content (AvgIpc) is 2.81. The minimum absolute atomic E-state index is 0.268. The number of hydrogen-bond acceptors (Lipinski definition) is 5. The highest BCUT2D eigenvalue weighted by molar-refractivity contribution is 5.78. The molecular formula is C24H32N4O2. The highest BCUT2D eigenvalue weighted by Gasteiger charge is 2.25. The van der Waals surface area contributed by atoms with Crippen molar-refractivity contribution in [2.45, 2.75) is 19.3 Å². The molecular weight excluding hydrogens is 376 g/mol. The van der Waals surface area contributed by atoms with Gasteiger partial charge in [0.2, 0.25) is 5.91 Å². The number of piperazine rings is 1. The quantitative estimate of drug-likeness (QED) is 0.736. The summed E-state index contributed by atoms with van der Waals surface area (Å²) in [6.07, 6.45) is 5.26. The van der Waals surface area contributed by atoms with Crippen LogP contribution in [0.4, 0.5) is 5.82 Å². The summed E-state index contributed by atoms with van der Waals surface area (Å²) in [5.74, 6) is 2.88. The van der Waals surface area contributed by atoms with Crippen LogP contribution in [0, 0.1) is 5.92 Å². The van der Waals surface area contributed by atoms with Crippen molar-refractivity contribution in [2.24, 2.45) is 5.92 Å². The summed E-state index contributed by atoms with van der Waals surface area (Å²) in [5, 5.41) is 0. The number of amides is 1. The van der Waals surface area contributed by atoms with Crippen LogP contribution >= 0.6 is 0 Å². The molecule has 0 atom stereocenters. The van der Waals surface area contributed by atoms with Gasteiger partial charge in [-0.2, -0.15) is 0 Å². The van der Waals surface area contributed by atoms with Gasteiger partial charge in [-0.3, -0.25) is 9.69 Å². The number of carbonyl (C=O) groups is 1. The zero-order valence-electron chi connectivity index (χ0n) is 17.9. The smallest absolute Gasteiger partial charge is 0.236 e. The van der Waals surface area contributed by atoms with Crippen molar-refractivity contribution < 1.29 is 9.53 Å². The molecule has 0 saturated carbocycles. The van der Waals surface area contributed by atoms with E-state index in [1.54, 1.807) is 7.11 Å². The Kier molecular flexibility index (Phi) is 6.84. The highest BCUT2D eigenvalue weighted by atomic mass is 16.5. The molecule has 1 amide bonds. The Morgan fingerprint density at radius 3 is 2.37 bits per heavy atom. The van der Waals surface area contributed by atoms with Gasteiger partial charge in [0, 0.05) is 32.4 Å². The summed E-state index contributed by atoms with van der Waals surface area (Å²) >= 11 is 0. The summed E-state index contributed by atoms with van der Waals surface area (Å²) in [6, 6.07) is 14.4. The van der Waals surface area contributed by atoms with E-state index in [1.165, 1.54) is 5.56 Å². The molecule has 6 nitrogen and oxygen atoms in total. The fraction of sp³-hybridized carbons (Fsp3) is 0.500. The number of methoxy groups -OCH3 is 1. The Bertz CT molecular complexity index is 796. The molecule has 4 rings (SSSR count). The molecule has 0 bridgehead atoms. The molecule has 160 valence electrons. The third-order valence-electron chi connectivity index (χ3n) is 6.36. The van der Waals surface area contributed by atoms with E-state index in [9.17, 15) is 4.79 Å². The Morgan fingerprint density at radius 2 is 1.73 bits per heavy atom. The second-order valence-electron chi connectivity index (χ2n) is 8.33. The van der Waals surface area contributed by atoms with Crippen LogP contribution in [0.25, 0.3) is 0 Å². The molecule has 2 aliphatic heterocycles. The number of nitrogens with zero attached hydrogens (tertiary/aromatic N) is 4. The van der Waals surface area contributed by atoms with Crippen molar-refractivity contribution in [3.05, 3.63) is 54.2 Å². The van der Waals surface area contributed by atoms with Gasteiger partial charge in [-0.1, -0.05) is 18.2 Å². The van der Waals surface area contributed by atoms with E-state index in [-0.39, 0.29) is 5.91 Å². The van der Waals surface area contributed by atoms with E-state index in [1.807, 2.05) is 41.4 Å². The fourth-order valence-corrected chi connectivity index (χ4v) is 4.46. The number of rotatable bonds is 6. The number of carbonyl (C=O) groups excluding carboxylic acids is 1. The van der Waals surface area contributed by atoms with Gasteiger partial charge in [-0.25, -0.2) is 4.98 Å². The van der Waals surface area contributed by atoms with Crippen molar-refractivity contribution in [3.8, 4) is 5.75 Å². The van der Waals surface area contributed by atoms with Gasteiger partial charge >= 0.3 is 0 Å². The van der Waals surface area contributed by atoms with Crippen molar-refractivity contribution in [1.82, 2.24) is 14.8 Å². The first-order valence-electron chi connectivity index (χ1n) is 11.0. The first-order chi connectivity index (χ1) is 14.7. The molecule has 3 heterocycles. The predicted molar refractivity (Wildman–Crippen MR) is 119 cm³/mol. The summed E-state index contributed by atoms with van der Waals surface area (Å²) in [5.41, 5.74) is 1.37. The van der Waals surface area contributed by atoms with Crippen LogP contribution in [-0.4, -0.2) is 73.6 Å². The summed E-state index contributed by atoms with van der Waals surface area (Å²) in [4.78, 5) is 23.8. The van der Waals surface area contributed by atoms with E-state index < -0.39 is 0 Å². The maximum absolute atomic E-state index is 12.8. The van der Waals surface area contributed by atoms with E-state index >= 15 is 0 Å². The average molecular weight is 409 g/mol. The van der Waals surface area contributed by atoms with Crippen molar-refractivity contribution >= 4 is 11.7 Å². The molecule has 1 aromatic carbocycles.